The van der Waals surface area contributed by atoms with Crippen LogP contribution in [0.2, 0.25) is 0 Å². The highest BCUT2D eigenvalue weighted by molar-refractivity contribution is 7.93. The van der Waals surface area contributed by atoms with Gasteiger partial charge in [-0.05, 0) is 45.0 Å². The molecule has 0 amide bonds. The highest BCUT2D eigenvalue weighted by atomic mass is 32.2. The summed E-state index contributed by atoms with van der Waals surface area (Å²) in [4.78, 5) is 4.63. The monoisotopic (exact) mass is 586 g/mol. The van der Waals surface area contributed by atoms with Crippen LogP contribution in [0.1, 0.15) is 44.5 Å². The fourth-order valence-electron chi connectivity index (χ4n) is 4.67. The normalized spacial score (nSPS) is 17.5. The number of pyridine rings is 1. The molecule has 1 aliphatic rings. The number of hydrogen-bond donors (Lipinski definition) is 1. The van der Waals surface area contributed by atoms with Crippen LogP contribution in [0, 0.1) is 0 Å². The molecule has 1 N–H and O–H groups in total. The van der Waals surface area contributed by atoms with Crippen molar-refractivity contribution in [3.63, 3.8) is 0 Å². The second-order valence-corrected chi connectivity index (χ2v) is 11.8. The molecule has 1 aromatic carbocycles. The first-order valence-electron chi connectivity index (χ1n) is 13.2. The van der Waals surface area contributed by atoms with Crippen LogP contribution in [-0.2, 0) is 24.2 Å². The Hall–Kier alpha value is -3.72. The summed E-state index contributed by atoms with van der Waals surface area (Å²) in [5.74, 6) is 1.10. The maximum absolute atomic E-state index is 14.0. The summed E-state index contributed by atoms with van der Waals surface area (Å²) in [7, 11) is -1.11. The number of ether oxygens (including phenoxy) is 5. The van der Waals surface area contributed by atoms with E-state index in [-0.39, 0.29) is 18.7 Å². The lowest BCUT2D eigenvalue weighted by Crippen LogP contribution is -2.34. The van der Waals surface area contributed by atoms with Gasteiger partial charge in [0.25, 0.3) is 0 Å². The standard InChI is InChI=1S/C27H34N6O7S/c1-17(2)40-25(19-15-32-12-7-6-11-23(32)28-19)18(3)41(34,35)31-27-30-29-26(22-16-38-13-14-39-22)33(27)24-20(36-4)9-8-10-21(24)37-5/h6-12,15,17-18,22,25H,13-14,16H2,1-5H3,(H,30,31)/t18-,22+,25+/m0/s1. The molecule has 4 aromatic rings. The van der Waals surface area contributed by atoms with E-state index >= 15 is 0 Å². The Kier molecular flexibility index (Phi) is 8.45. The molecular weight excluding hydrogens is 552 g/mol. The second-order valence-electron chi connectivity index (χ2n) is 9.75. The molecule has 3 aromatic heterocycles. The van der Waals surface area contributed by atoms with Crippen molar-refractivity contribution in [2.45, 2.75) is 44.3 Å². The van der Waals surface area contributed by atoms with Gasteiger partial charge < -0.3 is 28.1 Å². The van der Waals surface area contributed by atoms with Crippen LogP contribution in [-0.4, -0.2) is 78.0 Å². The summed E-state index contributed by atoms with van der Waals surface area (Å²) in [5, 5.41) is 7.47. The number of rotatable bonds is 11. The first kappa shape index (κ1) is 28.8. The van der Waals surface area contributed by atoms with Crippen molar-refractivity contribution in [3.8, 4) is 17.2 Å². The third-order valence-corrected chi connectivity index (χ3v) is 8.35. The number of para-hydroxylation sites is 1. The van der Waals surface area contributed by atoms with Crippen LogP contribution in [0.15, 0.2) is 48.8 Å². The molecule has 5 rings (SSSR count). The lowest BCUT2D eigenvalue weighted by Gasteiger charge is -2.26. The van der Waals surface area contributed by atoms with Gasteiger partial charge in [0.05, 0.1) is 45.8 Å². The van der Waals surface area contributed by atoms with Gasteiger partial charge in [-0.1, -0.05) is 12.1 Å². The number of methoxy groups -OCH3 is 2. The largest absolute Gasteiger partial charge is 0.494 e. The second kappa shape index (κ2) is 12.0. The number of nitrogens with zero attached hydrogens (tertiary/aromatic N) is 5. The van der Waals surface area contributed by atoms with Crippen LogP contribution < -0.4 is 14.2 Å². The smallest absolute Gasteiger partial charge is 0.243 e. The lowest BCUT2D eigenvalue weighted by molar-refractivity contribution is -0.0941. The average molecular weight is 587 g/mol. The Morgan fingerprint density at radius 2 is 1.78 bits per heavy atom. The molecule has 1 saturated heterocycles. The molecule has 0 saturated carbocycles. The van der Waals surface area contributed by atoms with E-state index < -0.39 is 27.5 Å². The molecule has 4 heterocycles. The summed E-state index contributed by atoms with van der Waals surface area (Å²) < 4.78 is 62.8. The molecule has 14 heteroatoms. The summed E-state index contributed by atoms with van der Waals surface area (Å²) >= 11 is 0. The first-order chi connectivity index (χ1) is 19.7. The van der Waals surface area contributed by atoms with Crippen LogP contribution in [0.4, 0.5) is 5.95 Å². The minimum Gasteiger partial charge on any atom is -0.494 e. The minimum atomic E-state index is -4.13. The number of nitrogens with one attached hydrogen (secondary N) is 1. The van der Waals surface area contributed by atoms with E-state index in [1.54, 1.807) is 31.3 Å². The Morgan fingerprint density at radius 3 is 2.41 bits per heavy atom. The fraction of sp³-hybridized carbons (Fsp3) is 0.444. The molecule has 0 bridgehead atoms. The van der Waals surface area contributed by atoms with E-state index in [0.717, 1.165) is 0 Å². The molecule has 0 unspecified atom stereocenters. The van der Waals surface area contributed by atoms with E-state index in [1.165, 1.54) is 18.8 Å². The van der Waals surface area contributed by atoms with Crippen molar-refractivity contribution >= 4 is 21.6 Å². The Balaban J connectivity index is 1.57. The predicted octanol–water partition coefficient (Wildman–Crippen LogP) is 3.32. The lowest BCUT2D eigenvalue weighted by atomic mass is 10.2. The SMILES string of the molecule is COc1cccc(OC)c1-n1c(NS(=O)(=O)[C@@H](C)[C@@H](OC(C)C)c2cn3ccccc3n2)nnc1[C@H]1COCCO1. The van der Waals surface area contributed by atoms with Crippen LogP contribution in [0.25, 0.3) is 11.3 Å². The van der Waals surface area contributed by atoms with Crippen molar-refractivity contribution in [1.29, 1.82) is 0 Å². The Morgan fingerprint density at radius 1 is 1.02 bits per heavy atom. The molecule has 41 heavy (non-hydrogen) atoms. The summed E-state index contributed by atoms with van der Waals surface area (Å²) in [6.07, 6.45) is 1.88. The molecule has 220 valence electrons. The Bertz CT molecular complexity index is 1540. The molecular formula is C27H34N6O7S. The number of sulfonamides is 1. The molecule has 0 aliphatic carbocycles. The zero-order chi connectivity index (χ0) is 29.1. The molecule has 0 radical (unpaired) electrons. The average Bonchev–Trinajstić information content (AvgIpc) is 3.59. The maximum Gasteiger partial charge on any atom is 0.243 e. The zero-order valence-electron chi connectivity index (χ0n) is 23.6. The van der Waals surface area contributed by atoms with Gasteiger partial charge in [0.15, 0.2) is 5.82 Å². The van der Waals surface area contributed by atoms with E-state index in [0.29, 0.717) is 47.6 Å². The third-order valence-electron chi connectivity index (χ3n) is 6.66. The van der Waals surface area contributed by atoms with Crippen molar-refractivity contribution in [2.24, 2.45) is 0 Å². The van der Waals surface area contributed by atoms with Crippen LogP contribution >= 0.6 is 0 Å². The highest BCUT2D eigenvalue weighted by Gasteiger charge is 2.37. The van der Waals surface area contributed by atoms with Crippen molar-refractivity contribution in [3.05, 3.63) is 60.3 Å². The summed E-state index contributed by atoms with van der Waals surface area (Å²) in [6, 6.07) is 10.8. The number of imidazole rings is 1. The molecule has 13 nitrogen and oxygen atoms in total. The number of aromatic nitrogens is 5. The van der Waals surface area contributed by atoms with Gasteiger partial charge in [-0.2, -0.15) is 0 Å². The van der Waals surface area contributed by atoms with Gasteiger partial charge in [0.2, 0.25) is 16.0 Å². The zero-order valence-corrected chi connectivity index (χ0v) is 24.4. The van der Waals surface area contributed by atoms with Gasteiger partial charge in [0.1, 0.15) is 40.3 Å². The van der Waals surface area contributed by atoms with E-state index in [9.17, 15) is 8.42 Å². The molecule has 1 aliphatic heterocycles. The van der Waals surface area contributed by atoms with Crippen LogP contribution in [0.3, 0.4) is 0 Å². The van der Waals surface area contributed by atoms with Crippen molar-refractivity contribution in [2.75, 3.05) is 38.8 Å². The molecule has 1 fully saturated rings. The fourth-order valence-corrected chi connectivity index (χ4v) is 5.77. The van der Waals surface area contributed by atoms with Crippen molar-refractivity contribution < 1.29 is 32.1 Å². The van der Waals surface area contributed by atoms with Gasteiger partial charge >= 0.3 is 0 Å². The highest BCUT2D eigenvalue weighted by Crippen LogP contribution is 2.38. The van der Waals surface area contributed by atoms with E-state index in [4.69, 9.17) is 23.7 Å². The van der Waals surface area contributed by atoms with Gasteiger partial charge in [-0.15, -0.1) is 10.2 Å². The minimum absolute atomic E-state index is 0.0675. The van der Waals surface area contributed by atoms with Crippen molar-refractivity contribution in [1.82, 2.24) is 24.1 Å². The third kappa shape index (κ3) is 5.86. The first-order valence-corrected chi connectivity index (χ1v) is 14.7. The van der Waals surface area contributed by atoms with Crippen LogP contribution in [0.5, 0.6) is 11.5 Å². The summed E-state index contributed by atoms with van der Waals surface area (Å²) in [6.45, 7) is 6.28. The van der Waals surface area contributed by atoms with Gasteiger partial charge in [0, 0.05) is 12.4 Å². The number of fused-ring (bicyclic) bond motifs is 1. The maximum atomic E-state index is 14.0. The van der Waals surface area contributed by atoms with E-state index in [2.05, 4.69) is 19.9 Å². The number of benzene rings is 1. The molecule has 3 atom stereocenters. The number of anilines is 1. The molecule has 0 spiro atoms. The van der Waals surface area contributed by atoms with Gasteiger partial charge in [-0.25, -0.2) is 13.4 Å². The van der Waals surface area contributed by atoms with Gasteiger partial charge in [-0.3, -0.25) is 9.29 Å². The quantitative estimate of drug-likeness (QED) is 0.278. The Labute approximate surface area is 238 Å². The number of hydrogen-bond acceptors (Lipinski definition) is 10. The topological polar surface area (TPSA) is 140 Å². The summed E-state index contributed by atoms with van der Waals surface area (Å²) in [5.41, 5.74) is 1.58. The predicted molar refractivity (Wildman–Crippen MR) is 150 cm³/mol. The van der Waals surface area contributed by atoms with E-state index in [1.807, 2.05) is 42.6 Å².